The number of aromatic nitrogens is 1. The van der Waals surface area contributed by atoms with E-state index >= 15 is 0 Å². The molecule has 0 aromatic carbocycles. The summed E-state index contributed by atoms with van der Waals surface area (Å²) < 4.78 is 23.3. The second-order valence-corrected chi connectivity index (χ2v) is 2.83. The molecule has 0 aliphatic carbocycles. The van der Waals surface area contributed by atoms with Crippen LogP contribution in [0.3, 0.4) is 0 Å². The van der Waals surface area contributed by atoms with Crippen molar-refractivity contribution in [3.8, 4) is 0 Å². The van der Waals surface area contributed by atoms with Gasteiger partial charge in [0.15, 0.2) is 11.1 Å². The minimum Gasteiger partial charge on any atom is -0.361 e. The number of hydrogen-bond donors (Lipinski definition) is 2. The molecule has 1 aromatic heterocycles. The Kier molecular flexibility index (Phi) is 3.94. The van der Waals surface area contributed by atoms with Crippen molar-refractivity contribution >= 4 is 11.1 Å². The quantitative estimate of drug-likeness (QED) is 0.654. The summed E-state index contributed by atoms with van der Waals surface area (Å²) in [5.41, 5.74) is 0.512. The minimum absolute atomic E-state index is 0. The van der Waals surface area contributed by atoms with E-state index in [4.69, 9.17) is 4.55 Å². The Morgan fingerprint density at radius 1 is 1.82 bits per heavy atom. The Hall–Kier alpha value is -0.720. The van der Waals surface area contributed by atoms with Gasteiger partial charge in [-0.3, -0.25) is 0 Å². The van der Waals surface area contributed by atoms with Gasteiger partial charge in [0.05, 0.1) is 11.4 Å². The van der Waals surface area contributed by atoms with Crippen LogP contribution in [0, 0.1) is 6.92 Å². The van der Waals surface area contributed by atoms with Crippen LogP contribution >= 0.6 is 0 Å². The topological polar surface area (TPSA) is 98.3 Å². The van der Waals surface area contributed by atoms with E-state index in [-0.39, 0.29) is 11.9 Å². The molecule has 1 heterocycles. The molecule has 0 spiro atoms. The lowest BCUT2D eigenvalue weighted by Gasteiger charge is -1.83. The zero-order chi connectivity index (χ0) is 7.56. The van der Waals surface area contributed by atoms with E-state index in [0.717, 1.165) is 0 Å². The van der Waals surface area contributed by atoms with Crippen molar-refractivity contribution in [3.05, 3.63) is 17.5 Å². The lowest BCUT2D eigenvalue weighted by Crippen LogP contribution is -1.91. The van der Waals surface area contributed by atoms with E-state index in [9.17, 15) is 4.21 Å². The molecule has 0 bridgehead atoms. The van der Waals surface area contributed by atoms with Gasteiger partial charge in [-0.2, -0.15) is 0 Å². The van der Waals surface area contributed by atoms with Crippen LogP contribution in [-0.2, 0) is 16.8 Å². The zero-order valence-corrected chi connectivity index (χ0v) is 6.93. The summed E-state index contributed by atoms with van der Waals surface area (Å²) in [6, 6.07) is 1.63. The zero-order valence-electron chi connectivity index (χ0n) is 6.11. The molecule has 0 amide bonds. The fourth-order valence-electron chi connectivity index (χ4n) is 0.612. The molecule has 1 atom stereocenters. The van der Waals surface area contributed by atoms with Crippen molar-refractivity contribution in [1.29, 1.82) is 0 Å². The fraction of sp³-hybridized carbons (Fsp3) is 0.400. The Labute approximate surface area is 66.6 Å². The summed E-state index contributed by atoms with van der Waals surface area (Å²) in [4.78, 5) is 0. The van der Waals surface area contributed by atoms with Crippen molar-refractivity contribution < 1.29 is 13.3 Å². The van der Waals surface area contributed by atoms with E-state index in [0.29, 0.717) is 11.5 Å². The Morgan fingerprint density at radius 2 is 2.45 bits per heavy atom. The minimum atomic E-state index is -1.83. The van der Waals surface area contributed by atoms with Gasteiger partial charge < -0.3 is 15.2 Å². The smallest absolute Gasteiger partial charge is 0.159 e. The fourth-order valence-corrected chi connectivity index (χ4v) is 1.00. The summed E-state index contributed by atoms with van der Waals surface area (Å²) in [7, 11) is 0. The van der Waals surface area contributed by atoms with Gasteiger partial charge in [-0.15, -0.1) is 0 Å². The van der Waals surface area contributed by atoms with E-state index in [1.54, 1.807) is 13.0 Å². The molecule has 0 radical (unpaired) electrons. The molecule has 11 heavy (non-hydrogen) atoms. The molecule has 5 nitrogen and oxygen atoms in total. The average molecular weight is 178 g/mol. The Bertz CT molecular complexity index is 248. The van der Waals surface area contributed by atoms with Crippen LogP contribution in [0.15, 0.2) is 10.6 Å². The van der Waals surface area contributed by atoms with Crippen molar-refractivity contribution in [1.82, 2.24) is 11.3 Å². The lowest BCUT2D eigenvalue weighted by molar-refractivity contribution is 0.392. The normalized spacial score (nSPS) is 12.2. The maximum absolute atomic E-state index is 10.2. The van der Waals surface area contributed by atoms with Gasteiger partial charge in [0.1, 0.15) is 5.76 Å². The van der Waals surface area contributed by atoms with Crippen LogP contribution < -0.4 is 6.15 Å². The third-order valence-electron chi connectivity index (χ3n) is 0.948. The van der Waals surface area contributed by atoms with Gasteiger partial charge in [-0.05, 0) is 6.92 Å². The van der Waals surface area contributed by atoms with E-state index in [1.165, 1.54) is 0 Å². The molecule has 0 saturated carbocycles. The van der Waals surface area contributed by atoms with Crippen LogP contribution in [0.5, 0.6) is 0 Å². The maximum Gasteiger partial charge on any atom is 0.159 e. The first-order valence-corrected chi connectivity index (χ1v) is 3.95. The van der Waals surface area contributed by atoms with Crippen LogP contribution in [0.4, 0.5) is 0 Å². The first-order valence-electron chi connectivity index (χ1n) is 2.68. The lowest BCUT2D eigenvalue weighted by atomic mass is 10.4. The molecule has 0 aliphatic heterocycles. The SMILES string of the molecule is Cc1cc(CS(=O)O)no1.N. The highest BCUT2D eigenvalue weighted by atomic mass is 32.2. The van der Waals surface area contributed by atoms with Crippen molar-refractivity contribution in [3.63, 3.8) is 0 Å². The van der Waals surface area contributed by atoms with Crippen LogP contribution in [0.25, 0.3) is 0 Å². The highest BCUT2D eigenvalue weighted by Gasteiger charge is 2.02. The second kappa shape index (κ2) is 4.22. The van der Waals surface area contributed by atoms with Gasteiger partial charge in [0, 0.05) is 6.07 Å². The summed E-state index contributed by atoms with van der Waals surface area (Å²) in [6.45, 7) is 1.73. The third-order valence-corrected chi connectivity index (χ3v) is 1.49. The largest absolute Gasteiger partial charge is 0.361 e. The molecule has 1 aromatic rings. The maximum atomic E-state index is 10.2. The summed E-state index contributed by atoms with van der Waals surface area (Å²) in [5, 5.41) is 3.53. The van der Waals surface area contributed by atoms with Crippen molar-refractivity contribution in [2.75, 3.05) is 0 Å². The van der Waals surface area contributed by atoms with Crippen molar-refractivity contribution in [2.24, 2.45) is 0 Å². The third kappa shape index (κ3) is 3.26. The summed E-state index contributed by atoms with van der Waals surface area (Å²) in [5.74, 6) is 0.692. The molecule has 6 heteroatoms. The molecule has 0 saturated heterocycles. The van der Waals surface area contributed by atoms with Crippen LogP contribution in [-0.4, -0.2) is 13.9 Å². The predicted octanol–water partition coefficient (Wildman–Crippen LogP) is 0.867. The van der Waals surface area contributed by atoms with E-state index in [2.05, 4.69) is 9.68 Å². The molecular formula is C5H10N2O3S. The van der Waals surface area contributed by atoms with Crippen LogP contribution in [0.2, 0.25) is 0 Å². The van der Waals surface area contributed by atoms with E-state index < -0.39 is 11.1 Å². The monoisotopic (exact) mass is 178 g/mol. The van der Waals surface area contributed by atoms with Crippen LogP contribution in [0.1, 0.15) is 11.5 Å². The second-order valence-electron chi connectivity index (χ2n) is 1.89. The van der Waals surface area contributed by atoms with Gasteiger partial charge in [0.2, 0.25) is 0 Å². The Balaban J connectivity index is 0.000001000. The Morgan fingerprint density at radius 3 is 2.82 bits per heavy atom. The average Bonchev–Trinajstić information content (AvgIpc) is 2.13. The van der Waals surface area contributed by atoms with Gasteiger partial charge >= 0.3 is 0 Å². The van der Waals surface area contributed by atoms with Crippen molar-refractivity contribution in [2.45, 2.75) is 12.7 Å². The number of nitrogens with zero attached hydrogens (tertiary/aromatic N) is 1. The molecule has 1 unspecified atom stereocenters. The predicted molar refractivity (Wildman–Crippen MR) is 40.7 cm³/mol. The number of aryl methyl sites for hydroxylation is 1. The van der Waals surface area contributed by atoms with Gasteiger partial charge in [-0.25, -0.2) is 4.21 Å². The molecule has 0 fully saturated rings. The standard InChI is InChI=1S/C5H7NO3S.H3N/c1-4-2-5(6-9-4)3-10(7)8;/h2H,3H2,1H3,(H,7,8);1H3. The van der Waals surface area contributed by atoms with E-state index in [1.807, 2.05) is 0 Å². The molecule has 0 aliphatic rings. The summed E-state index contributed by atoms with van der Waals surface area (Å²) >= 11 is -1.83. The summed E-state index contributed by atoms with van der Waals surface area (Å²) in [6.07, 6.45) is 0. The highest BCUT2D eigenvalue weighted by Crippen LogP contribution is 2.02. The number of hydrogen-bond acceptors (Lipinski definition) is 4. The highest BCUT2D eigenvalue weighted by molar-refractivity contribution is 7.78. The molecule has 1 rings (SSSR count). The molecule has 4 N–H and O–H groups in total. The number of rotatable bonds is 2. The molecule has 64 valence electrons. The first-order chi connectivity index (χ1) is 4.68. The first kappa shape index (κ1) is 10.3. The van der Waals surface area contributed by atoms with Gasteiger partial charge in [-0.1, -0.05) is 5.16 Å². The van der Waals surface area contributed by atoms with Gasteiger partial charge in [0.25, 0.3) is 0 Å². The molecular weight excluding hydrogens is 168 g/mol.